The van der Waals surface area contributed by atoms with Gasteiger partial charge in [-0.05, 0) is 6.42 Å². The average Bonchev–Trinajstić information content (AvgIpc) is 2.52. The van der Waals surface area contributed by atoms with Gasteiger partial charge in [-0.15, -0.1) is 5.10 Å². The van der Waals surface area contributed by atoms with Crippen LogP contribution in [-0.4, -0.2) is 17.0 Å². The Hall–Kier alpha value is -1.46. The highest BCUT2D eigenvalue weighted by molar-refractivity contribution is 5.75. The Kier molecular flexibility index (Phi) is 21.3. The van der Waals surface area contributed by atoms with Crippen molar-refractivity contribution in [2.75, 3.05) is 0 Å². The van der Waals surface area contributed by atoms with Gasteiger partial charge in [0.1, 0.15) is 0 Å². The Labute approximate surface area is 141 Å². The maximum Gasteiger partial charge on any atom is 0.303 e. The second kappa shape index (κ2) is 20.5. The summed E-state index contributed by atoms with van der Waals surface area (Å²) in [4.78, 5) is 10.3. The molecule has 0 amide bonds. The van der Waals surface area contributed by atoms with Gasteiger partial charge in [-0.2, -0.15) is 0 Å². The predicted molar refractivity (Wildman–Crippen MR) is 97.9 cm³/mol. The van der Waals surface area contributed by atoms with Gasteiger partial charge in [-0.25, -0.2) is 0 Å². The molecule has 0 fully saturated rings. The van der Waals surface area contributed by atoms with Crippen molar-refractivity contribution in [2.24, 2.45) is 22.4 Å². The molecule has 6 nitrogen and oxygen atoms in total. The molecule has 0 aliphatic carbocycles. The molecule has 0 saturated carbocycles. The summed E-state index contributed by atoms with van der Waals surface area (Å²) in [5.74, 6) is 3.76. The standard InChI is InChI=1S/C16H32O2.CH6N4/c1-2-3-4-5-6-7-8-9-10-11-12-13-14-15-16(17)18;2-1(3)5-4/h2-15H2,1H3,(H,17,18);4H2,(H4,2,3,5). The number of rotatable bonds is 14. The van der Waals surface area contributed by atoms with E-state index in [4.69, 9.17) is 16.6 Å². The first-order valence-corrected chi connectivity index (χ1v) is 9.05. The minimum Gasteiger partial charge on any atom is -0.481 e. The van der Waals surface area contributed by atoms with Gasteiger partial charge < -0.3 is 22.4 Å². The third kappa shape index (κ3) is 29.2. The Morgan fingerprint density at radius 1 is 0.783 bits per heavy atom. The molecule has 0 spiro atoms. The van der Waals surface area contributed by atoms with Crippen LogP contribution < -0.4 is 17.3 Å². The highest BCUT2D eigenvalue weighted by atomic mass is 16.4. The molecule has 138 valence electrons. The monoisotopic (exact) mass is 330 g/mol. The average molecular weight is 331 g/mol. The number of aliphatic carboxylic acids is 1. The lowest BCUT2D eigenvalue weighted by Gasteiger charge is -2.02. The van der Waals surface area contributed by atoms with Crippen molar-refractivity contribution in [1.82, 2.24) is 0 Å². The van der Waals surface area contributed by atoms with Gasteiger partial charge in [0.2, 0.25) is 5.96 Å². The quantitative estimate of drug-likeness (QED) is 0.127. The third-order valence-electron chi connectivity index (χ3n) is 3.64. The summed E-state index contributed by atoms with van der Waals surface area (Å²) in [6, 6.07) is 0. The molecule has 0 rings (SSSR count). The van der Waals surface area contributed by atoms with Crippen molar-refractivity contribution < 1.29 is 9.90 Å². The first-order chi connectivity index (χ1) is 11.0. The van der Waals surface area contributed by atoms with Gasteiger partial charge >= 0.3 is 5.97 Å². The van der Waals surface area contributed by atoms with Gasteiger partial charge in [-0.1, -0.05) is 84.0 Å². The highest BCUT2D eigenvalue weighted by Gasteiger charge is 1.96. The molecule has 0 aromatic rings. The van der Waals surface area contributed by atoms with Gasteiger partial charge in [-0.3, -0.25) is 4.79 Å². The van der Waals surface area contributed by atoms with E-state index >= 15 is 0 Å². The highest BCUT2D eigenvalue weighted by Crippen LogP contribution is 2.12. The second-order valence-corrected chi connectivity index (χ2v) is 5.94. The number of guanidine groups is 1. The molecule has 0 aromatic heterocycles. The normalized spacial score (nSPS) is 9.78. The lowest BCUT2D eigenvalue weighted by Crippen LogP contribution is -2.23. The van der Waals surface area contributed by atoms with Crippen LogP contribution >= 0.6 is 0 Å². The van der Waals surface area contributed by atoms with Crippen LogP contribution in [0, 0.1) is 0 Å². The lowest BCUT2D eigenvalue weighted by atomic mass is 10.0. The number of unbranched alkanes of at least 4 members (excludes halogenated alkanes) is 12. The van der Waals surface area contributed by atoms with Gasteiger partial charge in [0.05, 0.1) is 0 Å². The minimum atomic E-state index is -0.655. The van der Waals surface area contributed by atoms with Crippen molar-refractivity contribution in [3.63, 3.8) is 0 Å². The van der Waals surface area contributed by atoms with Crippen molar-refractivity contribution in [2.45, 2.75) is 96.8 Å². The first-order valence-electron chi connectivity index (χ1n) is 9.05. The van der Waals surface area contributed by atoms with Gasteiger partial charge in [0.15, 0.2) is 0 Å². The summed E-state index contributed by atoms with van der Waals surface area (Å²) in [6.07, 6.45) is 17.3. The topological polar surface area (TPSA) is 128 Å². The zero-order chi connectivity index (χ0) is 17.8. The maximum absolute atomic E-state index is 10.3. The Morgan fingerprint density at radius 2 is 1.09 bits per heavy atom. The number of carboxylic acid groups (broad SMARTS) is 1. The fourth-order valence-electron chi connectivity index (χ4n) is 2.29. The van der Waals surface area contributed by atoms with E-state index in [1.807, 2.05) is 0 Å². The SMILES string of the molecule is CCCCCCCCCCCCCCCC(=O)O.NN=C(N)N. The van der Waals surface area contributed by atoms with Gasteiger partial charge in [0, 0.05) is 6.42 Å². The third-order valence-corrected chi connectivity index (χ3v) is 3.64. The molecule has 0 heterocycles. The van der Waals surface area contributed by atoms with E-state index in [9.17, 15) is 4.79 Å². The van der Waals surface area contributed by atoms with Crippen LogP contribution in [0.25, 0.3) is 0 Å². The fourth-order valence-corrected chi connectivity index (χ4v) is 2.29. The summed E-state index contributed by atoms with van der Waals surface area (Å²) in [5.41, 5.74) is 9.39. The van der Waals surface area contributed by atoms with Gasteiger partial charge in [0.25, 0.3) is 0 Å². The second-order valence-electron chi connectivity index (χ2n) is 5.94. The van der Waals surface area contributed by atoms with Crippen LogP contribution in [0.5, 0.6) is 0 Å². The number of hydrazone groups is 1. The molecule has 7 N–H and O–H groups in total. The predicted octanol–water partition coefficient (Wildman–Crippen LogP) is 3.69. The summed E-state index contributed by atoms with van der Waals surface area (Å²) < 4.78 is 0. The van der Waals surface area contributed by atoms with Crippen molar-refractivity contribution in [3.8, 4) is 0 Å². The molecule has 0 aliphatic rings. The molecule has 0 unspecified atom stereocenters. The van der Waals surface area contributed by atoms with E-state index in [0.717, 1.165) is 12.8 Å². The molecule has 0 radical (unpaired) electrons. The summed E-state index contributed by atoms with van der Waals surface area (Å²) in [7, 11) is 0. The maximum atomic E-state index is 10.3. The number of nitrogens with two attached hydrogens (primary N) is 3. The first kappa shape index (κ1) is 23.8. The summed E-state index contributed by atoms with van der Waals surface area (Å²) in [5, 5.41) is 11.4. The molecule has 0 aromatic carbocycles. The lowest BCUT2D eigenvalue weighted by molar-refractivity contribution is -0.137. The van der Waals surface area contributed by atoms with Crippen LogP contribution in [0.2, 0.25) is 0 Å². The van der Waals surface area contributed by atoms with Crippen LogP contribution in [0.4, 0.5) is 0 Å². The van der Waals surface area contributed by atoms with Crippen molar-refractivity contribution in [3.05, 3.63) is 0 Å². The summed E-state index contributed by atoms with van der Waals surface area (Å²) in [6.45, 7) is 2.26. The van der Waals surface area contributed by atoms with Crippen LogP contribution in [-0.2, 0) is 4.79 Å². The Balaban J connectivity index is 0. The van der Waals surface area contributed by atoms with E-state index in [-0.39, 0.29) is 5.96 Å². The van der Waals surface area contributed by atoms with E-state index in [1.54, 1.807) is 0 Å². The zero-order valence-corrected chi connectivity index (χ0v) is 14.9. The molecule has 0 aliphatic heterocycles. The minimum absolute atomic E-state index is 0.0926. The number of carbonyl (C=O) groups is 1. The molecule has 0 bridgehead atoms. The number of hydrogen-bond acceptors (Lipinski definition) is 3. The van der Waals surface area contributed by atoms with E-state index in [0.29, 0.717) is 6.42 Å². The molecular formula is C17H38N4O2. The largest absolute Gasteiger partial charge is 0.481 e. The van der Waals surface area contributed by atoms with Crippen molar-refractivity contribution in [1.29, 1.82) is 0 Å². The molecule has 0 atom stereocenters. The van der Waals surface area contributed by atoms with Crippen molar-refractivity contribution >= 4 is 11.9 Å². The van der Waals surface area contributed by atoms with E-state index < -0.39 is 5.97 Å². The zero-order valence-electron chi connectivity index (χ0n) is 14.9. The van der Waals surface area contributed by atoms with E-state index in [1.165, 1.54) is 70.6 Å². The number of carboxylic acids is 1. The number of nitrogens with zero attached hydrogens (tertiary/aromatic N) is 1. The Bertz CT molecular complexity index is 280. The van der Waals surface area contributed by atoms with Crippen LogP contribution in [0.15, 0.2) is 5.10 Å². The molecule has 23 heavy (non-hydrogen) atoms. The fraction of sp³-hybridized carbons (Fsp3) is 0.882. The summed E-state index contributed by atoms with van der Waals surface area (Å²) >= 11 is 0. The molecular weight excluding hydrogens is 292 g/mol. The Morgan fingerprint density at radius 3 is 1.35 bits per heavy atom. The van der Waals surface area contributed by atoms with Crippen LogP contribution in [0.3, 0.4) is 0 Å². The number of hydrogen-bond donors (Lipinski definition) is 4. The molecule has 0 saturated heterocycles. The smallest absolute Gasteiger partial charge is 0.303 e. The molecule has 6 heteroatoms. The van der Waals surface area contributed by atoms with Crippen LogP contribution in [0.1, 0.15) is 96.8 Å². The van der Waals surface area contributed by atoms with E-state index in [2.05, 4.69) is 17.9 Å².